The lowest BCUT2D eigenvalue weighted by Gasteiger charge is -2.37. The van der Waals surface area contributed by atoms with Gasteiger partial charge in [0.15, 0.2) is 5.96 Å². The van der Waals surface area contributed by atoms with Crippen molar-refractivity contribution in [3.8, 4) is 0 Å². The maximum Gasteiger partial charge on any atom is 0.193 e. The van der Waals surface area contributed by atoms with E-state index in [0.717, 1.165) is 49.5 Å². The highest BCUT2D eigenvalue weighted by Crippen LogP contribution is 2.21. The fourth-order valence-corrected chi connectivity index (χ4v) is 3.68. The van der Waals surface area contributed by atoms with Crippen LogP contribution in [-0.2, 0) is 13.0 Å². The van der Waals surface area contributed by atoms with E-state index in [4.69, 9.17) is 0 Å². The number of halogens is 1. The number of likely N-dealkylation sites (tertiary alicyclic amines) is 1. The molecule has 1 saturated heterocycles. The molecular weight excluding hydrogens is 395 g/mol. The SMILES string of the molecule is CCc1nc(CNC(=NC)N2CC(C)CC(C)C2)cs1.I. The lowest BCUT2D eigenvalue weighted by molar-refractivity contribution is 0.208. The van der Waals surface area contributed by atoms with Gasteiger partial charge in [0.05, 0.1) is 17.2 Å². The zero-order valence-electron chi connectivity index (χ0n) is 13.4. The van der Waals surface area contributed by atoms with Crippen molar-refractivity contribution in [1.82, 2.24) is 15.2 Å². The van der Waals surface area contributed by atoms with Crippen LogP contribution in [0.5, 0.6) is 0 Å². The molecule has 0 saturated carbocycles. The molecule has 0 bridgehead atoms. The predicted octanol–water partition coefficient (Wildman–Crippen LogP) is 3.38. The van der Waals surface area contributed by atoms with Gasteiger partial charge in [0.25, 0.3) is 0 Å². The first-order valence-corrected chi connectivity index (χ1v) is 8.39. The Morgan fingerprint density at radius 1 is 1.43 bits per heavy atom. The Hall–Kier alpha value is -0.370. The van der Waals surface area contributed by atoms with E-state index in [1.807, 2.05) is 7.05 Å². The van der Waals surface area contributed by atoms with Crippen LogP contribution in [0.3, 0.4) is 0 Å². The Labute approximate surface area is 149 Å². The van der Waals surface area contributed by atoms with Gasteiger partial charge in [-0.3, -0.25) is 4.99 Å². The fourth-order valence-electron chi connectivity index (χ4n) is 2.93. The van der Waals surface area contributed by atoms with Gasteiger partial charge < -0.3 is 10.2 Å². The van der Waals surface area contributed by atoms with Crippen LogP contribution in [0.25, 0.3) is 0 Å². The van der Waals surface area contributed by atoms with Crippen molar-refractivity contribution < 1.29 is 0 Å². The van der Waals surface area contributed by atoms with Gasteiger partial charge in [-0.1, -0.05) is 20.8 Å². The van der Waals surface area contributed by atoms with Crippen molar-refractivity contribution in [2.75, 3.05) is 20.1 Å². The van der Waals surface area contributed by atoms with E-state index >= 15 is 0 Å². The van der Waals surface area contributed by atoms with Crippen LogP contribution in [0.15, 0.2) is 10.4 Å². The summed E-state index contributed by atoms with van der Waals surface area (Å²) in [6, 6.07) is 0. The van der Waals surface area contributed by atoms with Crippen molar-refractivity contribution in [2.24, 2.45) is 16.8 Å². The van der Waals surface area contributed by atoms with Crippen LogP contribution < -0.4 is 5.32 Å². The summed E-state index contributed by atoms with van der Waals surface area (Å²) in [5.74, 6) is 2.49. The van der Waals surface area contributed by atoms with Crippen molar-refractivity contribution in [2.45, 2.75) is 40.2 Å². The molecule has 0 aromatic carbocycles. The van der Waals surface area contributed by atoms with Gasteiger partial charge in [0.1, 0.15) is 0 Å². The molecule has 21 heavy (non-hydrogen) atoms. The second-order valence-electron chi connectivity index (χ2n) is 5.84. The van der Waals surface area contributed by atoms with Crippen LogP contribution >= 0.6 is 35.3 Å². The molecule has 0 spiro atoms. The van der Waals surface area contributed by atoms with Gasteiger partial charge in [-0.05, 0) is 24.7 Å². The van der Waals surface area contributed by atoms with Gasteiger partial charge in [0.2, 0.25) is 0 Å². The molecule has 0 radical (unpaired) electrons. The van der Waals surface area contributed by atoms with E-state index in [9.17, 15) is 0 Å². The number of hydrogen-bond acceptors (Lipinski definition) is 3. The van der Waals surface area contributed by atoms with Gasteiger partial charge in [-0.15, -0.1) is 35.3 Å². The number of hydrogen-bond donors (Lipinski definition) is 1. The Balaban J connectivity index is 0.00000220. The van der Waals surface area contributed by atoms with Crippen LogP contribution in [-0.4, -0.2) is 36.0 Å². The number of guanidine groups is 1. The molecule has 2 heterocycles. The average molecular weight is 422 g/mol. The third-order valence-electron chi connectivity index (χ3n) is 3.71. The van der Waals surface area contributed by atoms with E-state index < -0.39 is 0 Å². The standard InChI is InChI=1S/C15H26N4S.HI/c1-5-14-18-13(10-20-14)7-17-15(16-4)19-8-11(2)6-12(3)9-19;/h10-12H,5-9H2,1-4H3,(H,16,17);1H. The Morgan fingerprint density at radius 3 is 2.62 bits per heavy atom. The molecule has 0 aliphatic carbocycles. The first-order chi connectivity index (χ1) is 9.62. The highest BCUT2D eigenvalue weighted by Gasteiger charge is 2.23. The number of nitrogens with one attached hydrogen (secondary N) is 1. The zero-order chi connectivity index (χ0) is 14.5. The van der Waals surface area contributed by atoms with Crippen LogP contribution in [0, 0.1) is 11.8 Å². The molecule has 1 aromatic rings. The predicted molar refractivity (Wildman–Crippen MR) is 102 cm³/mol. The van der Waals surface area contributed by atoms with Gasteiger partial charge >= 0.3 is 0 Å². The van der Waals surface area contributed by atoms with E-state index in [1.54, 1.807) is 11.3 Å². The largest absolute Gasteiger partial charge is 0.351 e. The maximum absolute atomic E-state index is 4.59. The Morgan fingerprint density at radius 2 is 2.10 bits per heavy atom. The summed E-state index contributed by atoms with van der Waals surface area (Å²) in [5, 5.41) is 6.80. The highest BCUT2D eigenvalue weighted by atomic mass is 127. The molecule has 1 N–H and O–H groups in total. The molecule has 1 aromatic heterocycles. The van der Waals surface area contributed by atoms with E-state index in [-0.39, 0.29) is 24.0 Å². The molecule has 2 atom stereocenters. The molecule has 6 heteroatoms. The third-order valence-corrected chi connectivity index (χ3v) is 4.75. The van der Waals surface area contributed by atoms with Gasteiger partial charge in [-0.2, -0.15) is 0 Å². The average Bonchev–Trinajstić information content (AvgIpc) is 2.86. The molecule has 1 fully saturated rings. The minimum atomic E-state index is 0. The molecule has 4 nitrogen and oxygen atoms in total. The van der Waals surface area contributed by atoms with E-state index in [1.165, 1.54) is 11.4 Å². The summed E-state index contributed by atoms with van der Waals surface area (Å²) >= 11 is 1.74. The number of aliphatic imine (C=N–C) groups is 1. The third kappa shape index (κ3) is 5.39. The summed E-state index contributed by atoms with van der Waals surface area (Å²) in [4.78, 5) is 11.4. The molecule has 1 aliphatic heterocycles. The smallest absolute Gasteiger partial charge is 0.193 e. The lowest BCUT2D eigenvalue weighted by Crippen LogP contribution is -2.48. The summed E-state index contributed by atoms with van der Waals surface area (Å²) in [7, 11) is 1.87. The maximum atomic E-state index is 4.59. The van der Waals surface area contributed by atoms with E-state index in [0.29, 0.717) is 0 Å². The highest BCUT2D eigenvalue weighted by molar-refractivity contribution is 14.0. The summed E-state index contributed by atoms with van der Waals surface area (Å²) in [6.07, 6.45) is 2.33. The van der Waals surface area contributed by atoms with Crippen molar-refractivity contribution in [1.29, 1.82) is 0 Å². The Kier molecular flexibility index (Phi) is 7.94. The van der Waals surface area contributed by atoms with Crippen LogP contribution in [0.4, 0.5) is 0 Å². The Bertz CT molecular complexity index is 450. The number of piperidine rings is 1. The van der Waals surface area contributed by atoms with Crippen molar-refractivity contribution in [3.63, 3.8) is 0 Å². The van der Waals surface area contributed by atoms with E-state index in [2.05, 4.69) is 46.3 Å². The number of aromatic nitrogens is 1. The summed E-state index contributed by atoms with van der Waals surface area (Å²) < 4.78 is 0. The number of aryl methyl sites for hydroxylation is 1. The summed E-state index contributed by atoms with van der Waals surface area (Å²) in [6.45, 7) is 9.75. The van der Waals surface area contributed by atoms with Crippen LogP contribution in [0.1, 0.15) is 37.9 Å². The fraction of sp³-hybridized carbons (Fsp3) is 0.733. The minimum absolute atomic E-state index is 0. The topological polar surface area (TPSA) is 40.5 Å². The molecule has 0 amide bonds. The molecule has 1 aliphatic rings. The second-order valence-corrected chi connectivity index (χ2v) is 6.78. The van der Waals surface area contributed by atoms with Crippen LogP contribution in [0.2, 0.25) is 0 Å². The molecule has 2 unspecified atom stereocenters. The molecular formula is C15H27IN4S. The zero-order valence-corrected chi connectivity index (χ0v) is 16.6. The first kappa shape index (κ1) is 18.7. The number of thiazole rings is 1. The quantitative estimate of drug-likeness (QED) is 0.461. The minimum Gasteiger partial charge on any atom is -0.351 e. The van der Waals surface area contributed by atoms with Crippen molar-refractivity contribution in [3.05, 3.63) is 16.1 Å². The first-order valence-electron chi connectivity index (χ1n) is 7.51. The second kappa shape index (κ2) is 8.92. The van der Waals surface area contributed by atoms with Gasteiger partial charge in [-0.25, -0.2) is 4.98 Å². The lowest BCUT2D eigenvalue weighted by atomic mass is 9.92. The molecule has 2 rings (SSSR count). The monoisotopic (exact) mass is 422 g/mol. The normalized spacial score (nSPS) is 22.9. The molecule has 120 valence electrons. The summed E-state index contributed by atoms with van der Waals surface area (Å²) in [5.41, 5.74) is 1.12. The van der Waals surface area contributed by atoms with Gasteiger partial charge in [0, 0.05) is 25.5 Å². The number of nitrogens with zero attached hydrogens (tertiary/aromatic N) is 3. The van der Waals surface area contributed by atoms with Crippen molar-refractivity contribution >= 4 is 41.3 Å². The number of rotatable bonds is 3.